The van der Waals surface area contributed by atoms with Crippen molar-refractivity contribution in [3.63, 3.8) is 0 Å². The molecule has 2 nitrogen and oxygen atoms in total. The van der Waals surface area contributed by atoms with Gasteiger partial charge in [0.2, 0.25) is 0 Å². The van der Waals surface area contributed by atoms with Gasteiger partial charge >= 0.3 is 0 Å². The molecule has 1 aromatic carbocycles. The lowest BCUT2D eigenvalue weighted by Crippen LogP contribution is -1.79. The van der Waals surface area contributed by atoms with E-state index in [2.05, 4.69) is 12.6 Å². The Morgan fingerprint density at radius 1 is 1.46 bits per heavy atom. The molecule has 1 aromatic heterocycles. The van der Waals surface area contributed by atoms with E-state index in [1.165, 1.54) is 11.3 Å². The molecule has 2 aromatic rings. The fourth-order valence-electron chi connectivity index (χ4n) is 1.18. The number of thiophene rings is 1. The molecule has 1 N–H and O–H groups in total. The van der Waals surface area contributed by atoms with Gasteiger partial charge < -0.3 is 9.84 Å². The number of ether oxygens (including phenoxy) is 1. The predicted molar refractivity (Wildman–Crippen MR) is 57.3 cm³/mol. The van der Waals surface area contributed by atoms with Crippen LogP contribution in [0.5, 0.6) is 11.5 Å². The molecule has 13 heavy (non-hydrogen) atoms. The first-order valence-electron chi connectivity index (χ1n) is 3.71. The Balaban J connectivity index is 2.73. The molecular formula is C9H8O2S2. The average Bonchev–Trinajstić information content (AvgIpc) is 2.42. The van der Waals surface area contributed by atoms with Crippen molar-refractivity contribution in [3.05, 3.63) is 18.2 Å². The number of aromatic hydroxyl groups is 1. The van der Waals surface area contributed by atoms with Crippen molar-refractivity contribution >= 4 is 34.1 Å². The molecule has 0 fully saturated rings. The molecule has 0 bridgehead atoms. The quantitative estimate of drug-likeness (QED) is 0.712. The molecule has 0 spiro atoms. The lowest BCUT2D eigenvalue weighted by atomic mass is 10.2. The molecule has 1 heterocycles. The van der Waals surface area contributed by atoms with Crippen LogP contribution in [-0.4, -0.2) is 12.2 Å². The minimum absolute atomic E-state index is 0.256. The summed E-state index contributed by atoms with van der Waals surface area (Å²) in [5.41, 5.74) is 0. The highest BCUT2D eigenvalue weighted by molar-refractivity contribution is 7.83. The molecule has 0 saturated heterocycles. The third-order valence-corrected chi connectivity index (χ3v) is 3.28. The molecule has 0 saturated carbocycles. The van der Waals surface area contributed by atoms with Gasteiger partial charge in [0.15, 0.2) is 0 Å². The monoisotopic (exact) mass is 212 g/mol. The van der Waals surface area contributed by atoms with Crippen molar-refractivity contribution in [2.24, 2.45) is 0 Å². The summed E-state index contributed by atoms with van der Waals surface area (Å²) in [6.07, 6.45) is 0. The van der Waals surface area contributed by atoms with Crippen LogP contribution in [0.4, 0.5) is 0 Å². The zero-order valence-electron chi connectivity index (χ0n) is 6.94. The Hall–Kier alpha value is -0.870. The van der Waals surface area contributed by atoms with Gasteiger partial charge in [0.1, 0.15) is 11.5 Å². The molecule has 0 atom stereocenters. The second-order valence-corrected chi connectivity index (χ2v) is 4.42. The van der Waals surface area contributed by atoms with Crippen LogP contribution < -0.4 is 4.74 Å². The molecule has 0 aliphatic rings. The van der Waals surface area contributed by atoms with Crippen LogP contribution in [0.2, 0.25) is 0 Å². The molecule has 2 rings (SSSR count). The van der Waals surface area contributed by atoms with Gasteiger partial charge in [-0.2, -0.15) is 0 Å². The van der Waals surface area contributed by atoms with Crippen LogP contribution in [0, 0.1) is 0 Å². The van der Waals surface area contributed by atoms with Crippen molar-refractivity contribution in [1.29, 1.82) is 0 Å². The standard InChI is InChI=1S/C9H8O2S2/c1-11-5-2-3-6-7(4-5)13-9(12)8(6)10/h2-4,10,12H,1H3. The van der Waals surface area contributed by atoms with E-state index < -0.39 is 0 Å². The van der Waals surface area contributed by atoms with Gasteiger partial charge in [-0.15, -0.1) is 24.0 Å². The predicted octanol–water partition coefficient (Wildman–Crippen LogP) is 2.90. The maximum atomic E-state index is 9.56. The van der Waals surface area contributed by atoms with E-state index in [4.69, 9.17) is 4.74 Å². The topological polar surface area (TPSA) is 29.5 Å². The Morgan fingerprint density at radius 3 is 2.92 bits per heavy atom. The smallest absolute Gasteiger partial charge is 0.147 e. The van der Waals surface area contributed by atoms with Gasteiger partial charge in [0.05, 0.1) is 11.3 Å². The van der Waals surface area contributed by atoms with E-state index in [1.54, 1.807) is 7.11 Å². The summed E-state index contributed by atoms with van der Waals surface area (Å²) < 4.78 is 6.70. The van der Waals surface area contributed by atoms with Crippen molar-refractivity contribution in [1.82, 2.24) is 0 Å². The normalized spacial score (nSPS) is 10.6. The third kappa shape index (κ3) is 1.36. The zero-order chi connectivity index (χ0) is 9.42. The summed E-state index contributed by atoms with van der Waals surface area (Å²) >= 11 is 5.59. The Kier molecular flexibility index (Phi) is 2.09. The molecule has 4 heteroatoms. The van der Waals surface area contributed by atoms with Gasteiger partial charge in [0, 0.05) is 10.1 Å². The highest BCUT2D eigenvalue weighted by Gasteiger charge is 2.08. The zero-order valence-corrected chi connectivity index (χ0v) is 8.65. The minimum atomic E-state index is 0.256. The van der Waals surface area contributed by atoms with Crippen LogP contribution in [0.25, 0.3) is 10.1 Å². The molecular weight excluding hydrogens is 204 g/mol. The number of benzene rings is 1. The number of methoxy groups -OCH3 is 1. The summed E-state index contributed by atoms with van der Waals surface area (Å²) in [4.78, 5) is 0. The Bertz CT molecular complexity index is 448. The third-order valence-electron chi connectivity index (χ3n) is 1.85. The first-order chi connectivity index (χ1) is 6.22. The van der Waals surface area contributed by atoms with E-state index in [0.29, 0.717) is 4.21 Å². The largest absolute Gasteiger partial charge is 0.505 e. The SMILES string of the molecule is COc1ccc2c(O)c(S)sc2c1. The van der Waals surface area contributed by atoms with Crippen LogP contribution >= 0.6 is 24.0 Å². The highest BCUT2D eigenvalue weighted by atomic mass is 32.2. The van der Waals surface area contributed by atoms with Gasteiger partial charge in [-0.1, -0.05) is 0 Å². The number of thiol groups is 1. The van der Waals surface area contributed by atoms with E-state index in [-0.39, 0.29) is 5.75 Å². The Morgan fingerprint density at radius 2 is 2.23 bits per heavy atom. The Labute approximate surface area is 85.2 Å². The summed E-state index contributed by atoms with van der Waals surface area (Å²) in [6, 6.07) is 5.54. The first kappa shape index (κ1) is 8.72. The summed E-state index contributed by atoms with van der Waals surface area (Å²) in [6.45, 7) is 0. The van der Waals surface area contributed by atoms with Crippen molar-refractivity contribution < 1.29 is 9.84 Å². The van der Waals surface area contributed by atoms with Crippen molar-refractivity contribution in [2.75, 3.05) is 7.11 Å². The second kappa shape index (κ2) is 3.12. The van der Waals surface area contributed by atoms with E-state index >= 15 is 0 Å². The lowest BCUT2D eigenvalue weighted by Gasteiger charge is -1.97. The van der Waals surface area contributed by atoms with Crippen LogP contribution in [-0.2, 0) is 0 Å². The summed E-state index contributed by atoms with van der Waals surface area (Å²) in [7, 11) is 1.62. The molecule has 68 valence electrons. The molecule has 0 unspecified atom stereocenters. The lowest BCUT2D eigenvalue weighted by molar-refractivity contribution is 0.415. The second-order valence-electron chi connectivity index (χ2n) is 2.62. The first-order valence-corrected chi connectivity index (χ1v) is 4.97. The van der Waals surface area contributed by atoms with Crippen molar-refractivity contribution in [3.8, 4) is 11.5 Å². The maximum Gasteiger partial charge on any atom is 0.147 e. The number of hydrogen-bond donors (Lipinski definition) is 2. The van der Waals surface area contributed by atoms with Gasteiger partial charge in [-0.05, 0) is 18.2 Å². The van der Waals surface area contributed by atoms with Crippen LogP contribution in [0.3, 0.4) is 0 Å². The summed E-state index contributed by atoms with van der Waals surface area (Å²) in [5.74, 6) is 1.05. The van der Waals surface area contributed by atoms with E-state index in [9.17, 15) is 5.11 Å². The summed E-state index contributed by atoms with van der Waals surface area (Å²) in [5, 5.41) is 10.4. The van der Waals surface area contributed by atoms with Gasteiger partial charge in [-0.3, -0.25) is 0 Å². The fourth-order valence-corrected chi connectivity index (χ4v) is 2.46. The van der Waals surface area contributed by atoms with Crippen LogP contribution in [0.15, 0.2) is 22.4 Å². The van der Waals surface area contributed by atoms with Gasteiger partial charge in [0.25, 0.3) is 0 Å². The average molecular weight is 212 g/mol. The fraction of sp³-hybridized carbons (Fsp3) is 0.111. The molecule has 0 amide bonds. The van der Waals surface area contributed by atoms with Gasteiger partial charge in [-0.25, -0.2) is 0 Å². The highest BCUT2D eigenvalue weighted by Crippen LogP contribution is 2.40. The van der Waals surface area contributed by atoms with Crippen molar-refractivity contribution in [2.45, 2.75) is 4.21 Å². The minimum Gasteiger partial charge on any atom is -0.505 e. The maximum absolute atomic E-state index is 9.56. The molecule has 0 aliphatic heterocycles. The molecule has 0 aliphatic carbocycles. The van der Waals surface area contributed by atoms with Crippen LogP contribution in [0.1, 0.15) is 0 Å². The van der Waals surface area contributed by atoms with E-state index in [1.807, 2.05) is 18.2 Å². The number of rotatable bonds is 1. The number of fused-ring (bicyclic) bond motifs is 1. The number of hydrogen-bond acceptors (Lipinski definition) is 4. The molecule has 0 radical (unpaired) electrons. The van der Waals surface area contributed by atoms with E-state index in [0.717, 1.165) is 15.8 Å².